The third kappa shape index (κ3) is 6.84. The van der Waals surface area contributed by atoms with Gasteiger partial charge in [-0.1, -0.05) is 30.3 Å². The van der Waals surface area contributed by atoms with Crippen molar-refractivity contribution in [1.82, 2.24) is 20.0 Å². The first-order chi connectivity index (χ1) is 15.7. The molecule has 4 rings (SSSR count). The minimum absolute atomic E-state index is 0. The molecule has 1 N–H and O–H groups in total. The summed E-state index contributed by atoms with van der Waals surface area (Å²) >= 11 is 0. The number of carbonyl (C=O) groups excluding carboxylic acids is 1. The SMILES string of the molecule is CN=C(NCCC(=O)N1CCCCC1C)N1CCC2C(CCCN2Cc2ccccc2)C1.I. The summed E-state index contributed by atoms with van der Waals surface area (Å²) in [5, 5.41) is 3.49. The maximum Gasteiger partial charge on any atom is 0.224 e. The largest absolute Gasteiger partial charge is 0.356 e. The van der Waals surface area contributed by atoms with Gasteiger partial charge in [0.1, 0.15) is 0 Å². The Bertz CT molecular complexity index is 773. The summed E-state index contributed by atoms with van der Waals surface area (Å²) in [6.45, 7) is 8.13. The molecule has 7 heteroatoms. The Morgan fingerprint density at radius 3 is 2.64 bits per heavy atom. The van der Waals surface area contributed by atoms with Gasteiger partial charge in [0.25, 0.3) is 0 Å². The number of benzene rings is 1. The van der Waals surface area contributed by atoms with Crippen molar-refractivity contribution >= 4 is 35.8 Å². The first-order valence-corrected chi connectivity index (χ1v) is 12.7. The molecule has 0 aromatic heterocycles. The summed E-state index contributed by atoms with van der Waals surface area (Å²) in [7, 11) is 1.87. The number of guanidine groups is 1. The van der Waals surface area contributed by atoms with Gasteiger partial charge in [-0.25, -0.2) is 0 Å². The van der Waals surface area contributed by atoms with Crippen LogP contribution in [0.25, 0.3) is 0 Å². The molecule has 33 heavy (non-hydrogen) atoms. The van der Waals surface area contributed by atoms with Crippen LogP contribution in [0.3, 0.4) is 0 Å². The predicted octanol–water partition coefficient (Wildman–Crippen LogP) is 3.96. The van der Waals surface area contributed by atoms with E-state index in [1.54, 1.807) is 0 Å². The number of nitrogens with zero attached hydrogens (tertiary/aromatic N) is 4. The van der Waals surface area contributed by atoms with E-state index in [1.807, 2.05) is 7.05 Å². The topological polar surface area (TPSA) is 51.2 Å². The molecule has 0 aliphatic carbocycles. The van der Waals surface area contributed by atoms with Crippen LogP contribution in [0.15, 0.2) is 35.3 Å². The molecule has 1 amide bonds. The van der Waals surface area contributed by atoms with Gasteiger partial charge >= 0.3 is 0 Å². The van der Waals surface area contributed by atoms with Crippen LogP contribution in [0, 0.1) is 5.92 Å². The second-order valence-electron chi connectivity index (χ2n) is 9.82. The fraction of sp³-hybridized carbons (Fsp3) is 0.692. The first kappa shape index (κ1) is 26.3. The second-order valence-corrected chi connectivity index (χ2v) is 9.82. The third-order valence-corrected chi connectivity index (χ3v) is 7.67. The second kappa shape index (κ2) is 12.9. The molecule has 0 saturated carbocycles. The highest BCUT2D eigenvalue weighted by Gasteiger charge is 2.36. The summed E-state index contributed by atoms with van der Waals surface area (Å²) in [6, 6.07) is 11.9. The van der Waals surface area contributed by atoms with Crippen LogP contribution in [0.5, 0.6) is 0 Å². The van der Waals surface area contributed by atoms with Crippen LogP contribution in [-0.4, -0.2) is 78.4 Å². The zero-order valence-electron chi connectivity index (χ0n) is 20.4. The van der Waals surface area contributed by atoms with E-state index in [9.17, 15) is 4.79 Å². The lowest BCUT2D eigenvalue weighted by Gasteiger charge is -2.48. The predicted molar refractivity (Wildman–Crippen MR) is 146 cm³/mol. The Kier molecular flexibility index (Phi) is 10.3. The average molecular weight is 568 g/mol. The molecule has 0 bridgehead atoms. The molecule has 3 aliphatic rings. The Labute approximate surface area is 217 Å². The maximum absolute atomic E-state index is 12.7. The first-order valence-electron chi connectivity index (χ1n) is 12.7. The summed E-state index contributed by atoms with van der Waals surface area (Å²) in [6.07, 6.45) is 7.83. The van der Waals surface area contributed by atoms with E-state index >= 15 is 0 Å². The van der Waals surface area contributed by atoms with Gasteiger partial charge in [-0.2, -0.15) is 0 Å². The highest BCUT2D eigenvalue weighted by molar-refractivity contribution is 14.0. The fourth-order valence-corrected chi connectivity index (χ4v) is 5.94. The molecular formula is C26H42IN5O. The summed E-state index contributed by atoms with van der Waals surface area (Å²) in [5.41, 5.74) is 1.42. The zero-order valence-corrected chi connectivity index (χ0v) is 22.7. The van der Waals surface area contributed by atoms with Gasteiger partial charge in [0.05, 0.1) is 0 Å². The molecule has 3 atom stereocenters. The van der Waals surface area contributed by atoms with Crippen molar-refractivity contribution in [1.29, 1.82) is 0 Å². The van der Waals surface area contributed by atoms with Crippen LogP contribution in [0.2, 0.25) is 0 Å². The number of hydrogen-bond donors (Lipinski definition) is 1. The van der Waals surface area contributed by atoms with Crippen molar-refractivity contribution in [2.45, 2.75) is 70.5 Å². The van der Waals surface area contributed by atoms with Gasteiger partial charge < -0.3 is 15.1 Å². The minimum atomic E-state index is 0. The Morgan fingerprint density at radius 2 is 1.88 bits per heavy atom. The number of halogens is 1. The van der Waals surface area contributed by atoms with Gasteiger partial charge in [0.2, 0.25) is 5.91 Å². The number of hydrogen-bond acceptors (Lipinski definition) is 3. The van der Waals surface area contributed by atoms with Gasteiger partial charge in [-0.05, 0) is 63.5 Å². The van der Waals surface area contributed by atoms with Crippen molar-refractivity contribution in [2.75, 3.05) is 39.8 Å². The Balaban J connectivity index is 0.00000306. The third-order valence-electron chi connectivity index (χ3n) is 7.67. The lowest BCUT2D eigenvalue weighted by atomic mass is 9.83. The number of carbonyl (C=O) groups is 1. The van der Waals surface area contributed by atoms with Gasteiger partial charge in [0.15, 0.2) is 5.96 Å². The molecule has 1 aromatic carbocycles. The number of nitrogens with one attached hydrogen (secondary N) is 1. The monoisotopic (exact) mass is 567 g/mol. The van der Waals surface area contributed by atoms with Crippen LogP contribution >= 0.6 is 24.0 Å². The van der Waals surface area contributed by atoms with Crippen LogP contribution in [0.1, 0.15) is 57.4 Å². The molecule has 3 unspecified atom stereocenters. The minimum Gasteiger partial charge on any atom is -0.356 e. The van der Waals surface area contributed by atoms with Gasteiger partial charge in [-0.15, -0.1) is 24.0 Å². The highest BCUT2D eigenvalue weighted by Crippen LogP contribution is 2.31. The molecule has 0 spiro atoms. The normalized spacial score (nSPS) is 26.4. The number of rotatable bonds is 5. The van der Waals surface area contributed by atoms with Crippen molar-refractivity contribution in [3.05, 3.63) is 35.9 Å². The van der Waals surface area contributed by atoms with Crippen molar-refractivity contribution in [2.24, 2.45) is 10.9 Å². The average Bonchev–Trinajstić information content (AvgIpc) is 2.82. The molecule has 3 fully saturated rings. The fourth-order valence-electron chi connectivity index (χ4n) is 5.94. The van der Waals surface area contributed by atoms with E-state index in [0.29, 0.717) is 31.0 Å². The van der Waals surface area contributed by atoms with Gasteiger partial charge in [0, 0.05) is 58.3 Å². The highest BCUT2D eigenvalue weighted by atomic mass is 127. The summed E-state index contributed by atoms with van der Waals surface area (Å²) in [5.74, 6) is 1.93. The lowest BCUT2D eigenvalue weighted by Crippen LogP contribution is -2.56. The van der Waals surface area contributed by atoms with E-state index < -0.39 is 0 Å². The summed E-state index contributed by atoms with van der Waals surface area (Å²) in [4.78, 5) is 24.4. The molecule has 3 saturated heterocycles. The van der Waals surface area contributed by atoms with Crippen molar-refractivity contribution < 1.29 is 4.79 Å². The number of amides is 1. The van der Waals surface area contributed by atoms with E-state index in [4.69, 9.17) is 0 Å². The van der Waals surface area contributed by atoms with E-state index in [0.717, 1.165) is 45.0 Å². The van der Waals surface area contributed by atoms with E-state index in [-0.39, 0.29) is 29.9 Å². The molecule has 1 aromatic rings. The standard InChI is InChI=1S/C26H41N5O.HI/c1-21-9-6-7-17-31(21)25(32)13-15-28-26(27-2)30-18-14-24-23(20-30)12-8-16-29(24)19-22-10-4-3-5-11-22;/h3-5,10-11,21,23-24H,6-9,12-20H2,1-2H3,(H,27,28);1H. The van der Waals surface area contributed by atoms with Crippen LogP contribution < -0.4 is 5.32 Å². The lowest BCUT2D eigenvalue weighted by molar-refractivity contribution is -0.134. The Hall–Kier alpha value is -1.35. The summed E-state index contributed by atoms with van der Waals surface area (Å²) < 4.78 is 0. The number of fused-ring (bicyclic) bond motifs is 1. The van der Waals surface area contributed by atoms with Crippen molar-refractivity contribution in [3.63, 3.8) is 0 Å². The molecule has 0 radical (unpaired) electrons. The number of likely N-dealkylation sites (tertiary alicyclic amines) is 3. The maximum atomic E-state index is 12.7. The number of aliphatic imine (C=N–C) groups is 1. The quantitative estimate of drug-likeness (QED) is 0.333. The van der Waals surface area contributed by atoms with E-state index in [2.05, 4.69) is 62.3 Å². The van der Waals surface area contributed by atoms with Crippen LogP contribution in [-0.2, 0) is 11.3 Å². The molecule has 3 heterocycles. The van der Waals surface area contributed by atoms with Gasteiger partial charge in [-0.3, -0.25) is 14.7 Å². The molecular weight excluding hydrogens is 525 g/mol. The molecule has 3 aliphatic heterocycles. The number of piperidine rings is 3. The van der Waals surface area contributed by atoms with Crippen LogP contribution in [0.4, 0.5) is 0 Å². The Morgan fingerprint density at radius 1 is 1.06 bits per heavy atom. The van der Waals surface area contributed by atoms with Crippen molar-refractivity contribution in [3.8, 4) is 0 Å². The smallest absolute Gasteiger partial charge is 0.224 e. The molecule has 184 valence electrons. The molecule has 6 nitrogen and oxygen atoms in total. The van der Waals surface area contributed by atoms with E-state index in [1.165, 1.54) is 37.8 Å². The zero-order chi connectivity index (χ0) is 22.3.